The van der Waals surface area contributed by atoms with Gasteiger partial charge >= 0.3 is 15.6 Å². The number of hydrogen-bond donors (Lipinski definition) is 3. The second-order valence-corrected chi connectivity index (χ2v) is 8.73. The summed E-state index contributed by atoms with van der Waals surface area (Å²) in [5, 5.41) is 0.783. The van der Waals surface area contributed by atoms with E-state index in [9.17, 15) is 9.13 Å². The van der Waals surface area contributed by atoms with Gasteiger partial charge in [-0.25, -0.2) is 9.13 Å². The van der Waals surface area contributed by atoms with Gasteiger partial charge in [0.15, 0.2) is 0 Å². The number of phosphoric acid groups is 2. The fraction of sp³-hybridized carbons (Fsp3) is 0.571. The van der Waals surface area contributed by atoms with Crippen LogP contribution in [0.5, 0.6) is 0 Å². The van der Waals surface area contributed by atoms with Crippen LogP contribution in [0.25, 0.3) is 0 Å². The van der Waals surface area contributed by atoms with Crippen molar-refractivity contribution in [1.29, 1.82) is 0 Å². The molecule has 0 fully saturated rings. The lowest BCUT2D eigenvalue weighted by Crippen LogP contribution is -1.94. The highest BCUT2D eigenvalue weighted by Crippen LogP contribution is 2.57. The summed E-state index contributed by atoms with van der Waals surface area (Å²) in [7, 11) is -9.84. The predicted molar refractivity (Wildman–Crippen MR) is 94.5 cm³/mol. The van der Waals surface area contributed by atoms with Crippen LogP contribution >= 0.6 is 27.2 Å². The molecule has 0 amide bonds. The van der Waals surface area contributed by atoms with Gasteiger partial charge in [0, 0.05) is 5.03 Å². The molecule has 7 nitrogen and oxygen atoms in total. The Morgan fingerprint density at radius 3 is 1.96 bits per heavy atom. The van der Waals surface area contributed by atoms with Crippen LogP contribution in [0.4, 0.5) is 0 Å². The lowest BCUT2D eigenvalue weighted by atomic mass is 10.1. The molecule has 1 atom stereocenters. The smallest absolute Gasteiger partial charge is 0.302 e. The van der Waals surface area contributed by atoms with Crippen molar-refractivity contribution in [3.63, 3.8) is 0 Å². The van der Waals surface area contributed by atoms with Crippen LogP contribution in [0.15, 0.2) is 34.4 Å². The van der Waals surface area contributed by atoms with E-state index in [1.165, 1.54) is 5.57 Å². The molecular weight excluding hydrogens is 378 g/mol. The first kappa shape index (κ1) is 23.8. The molecule has 3 N–H and O–H groups in total. The minimum absolute atomic E-state index is 0.276. The Hall–Kier alpha value is -0.230. The monoisotopic (exact) mass is 402 g/mol. The molecule has 0 radical (unpaired) electrons. The molecule has 0 aromatic heterocycles. The van der Waals surface area contributed by atoms with Gasteiger partial charge in [-0.15, -0.1) is 0 Å². The third kappa shape index (κ3) is 15.3. The van der Waals surface area contributed by atoms with Crippen molar-refractivity contribution in [3.8, 4) is 0 Å². The molecule has 0 heterocycles. The van der Waals surface area contributed by atoms with E-state index in [1.807, 2.05) is 26.8 Å². The Bertz CT molecular complexity index is 574. The Morgan fingerprint density at radius 2 is 1.46 bits per heavy atom. The van der Waals surface area contributed by atoms with Gasteiger partial charge in [-0.1, -0.05) is 41.0 Å². The SMILES string of the molecule is C/C(Cl)=C/CC/C(C)=C/CC/C(C)=C/COP(=O)(O)OP(=O)(O)O. The number of phosphoric ester groups is 1. The zero-order chi connectivity index (χ0) is 18.8. The van der Waals surface area contributed by atoms with Crippen LogP contribution in [0.2, 0.25) is 0 Å². The van der Waals surface area contributed by atoms with Crippen LogP contribution in [-0.2, 0) is 18.0 Å². The Kier molecular flexibility index (Phi) is 11.3. The zero-order valence-electron chi connectivity index (χ0n) is 14.0. The Balaban J connectivity index is 4.18. The first-order valence-electron chi connectivity index (χ1n) is 7.29. The normalized spacial score (nSPS) is 17.0. The average molecular weight is 403 g/mol. The molecular formula is C14H25ClO7P2. The first-order chi connectivity index (χ1) is 10.9. The van der Waals surface area contributed by atoms with E-state index in [1.54, 1.807) is 6.08 Å². The standard InChI is InChI=1S/C14H25ClO7P2/c1-12(8-5-9-14(3)15)6-4-7-13(2)10-11-21-24(19,20)22-23(16,17)18/h6,9-10H,4-5,7-8,11H2,1-3H3,(H,19,20)(H2,16,17,18)/b12-6+,13-10+,14-9-. The summed E-state index contributed by atoms with van der Waals surface area (Å²) < 4.78 is 29.9. The van der Waals surface area contributed by atoms with Crippen molar-refractivity contribution in [3.05, 3.63) is 34.4 Å². The fourth-order valence-corrected chi connectivity index (χ4v) is 3.32. The maximum atomic E-state index is 11.2. The highest BCUT2D eigenvalue weighted by Gasteiger charge is 2.31. The molecule has 10 heteroatoms. The van der Waals surface area contributed by atoms with Crippen molar-refractivity contribution < 1.29 is 32.6 Å². The number of allylic oxidation sites excluding steroid dienone is 5. The van der Waals surface area contributed by atoms with E-state index in [-0.39, 0.29) is 6.61 Å². The van der Waals surface area contributed by atoms with Crippen molar-refractivity contribution >= 4 is 27.2 Å². The second-order valence-electron chi connectivity index (χ2n) is 5.31. The third-order valence-corrected chi connectivity index (χ3v) is 5.18. The van der Waals surface area contributed by atoms with Gasteiger partial charge < -0.3 is 14.7 Å². The van der Waals surface area contributed by atoms with Crippen LogP contribution in [-0.4, -0.2) is 21.3 Å². The lowest BCUT2D eigenvalue weighted by Gasteiger charge is -2.11. The van der Waals surface area contributed by atoms with Gasteiger partial charge in [-0.05, 0) is 46.5 Å². The summed E-state index contributed by atoms with van der Waals surface area (Å²) in [4.78, 5) is 26.0. The first-order valence-corrected chi connectivity index (χ1v) is 10.7. The Labute approximate surface area is 147 Å². The van der Waals surface area contributed by atoms with Crippen molar-refractivity contribution in [2.75, 3.05) is 6.61 Å². The van der Waals surface area contributed by atoms with E-state index in [4.69, 9.17) is 26.3 Å². The van der Waals surface area contributed by atoms with E-state index in [0.717, 1.165) is 36.3 Å². The van der Waals surface area contributed by atoms with E-state index >= 15 is 0 Å². The molecule has 1 unspecified atom stereocenters. The van der Waals surface area contributed by atoms with Gasteiger partial charge in [0.1, 0.15) is 0 Å². The van der Waals surface area contributed by atoms with Gasteiger partial charge in [0.25, 0.3) is 0 Å². The molecule has 0 aliphatic carbocycles. The molecule has 0 aromatic carbocycles. The largest absolute Gasteiger partial charge is 0.481 e. The van der Waals surface area contributed by atoms with Crippen molar-refractivity contribution in [2.45, 2.75) is 46.5 Å². The fourth-order valence-electron chi connectivity index (χ4n) is 1.68. The molecule has 24 heavy (non-hydrogen) atoms. The zero-order valence-corrected chi connectivity index (χ0v) is 16.6. The molecule has 0 bridgehead atoms. The lowest BCUT2D eigenvalue weighted by molar-refractivity contribution is 0.191. The molecule has 0 aliphatic heterocycles. The van der Waals surface area contributed by atoms with E-state index in [0.29, 0.717) is 0 Å². The highest BCUT2D eigenvalue weighted by molar-refractivity contribution is 7.60. The summed E-state index contributed by atoms with van der Waals surface area (Å²) >= 11 is 5.76. The topological polar surface area (TPSA) is 113 Å². The number of halogens is 1. The maximum absolute atomic E-state index is 11.2. The minimum Gasteiger partial charge on any atom is -0.302 e. The van der Waals surface area contributed by atoms with Crippen molar-refractivity contribution in [2.24, 2.45) is 0 Å². The Morgan fingerprint density at radius 1 is 0.958 bits per heavy atom. The quantitative estimate of drug-likeness (QED) is 0.335. The van der Waals surface area contributed by atoms with Gasteiger partial charge in [-0.2, -0.15) is 4.31 Å². The summed E-state index contributed by atoms with van der Waals surface area (Å²) in [6, 6.07) is 0. The summed E-state index contributed by atoms with van der Waals surface area (Å²) in [6.45, 7) is 5.44. The average Bonchev–Trinajstić information content (AvgIpc) is 2.34. The summed E-state index contributed by atoms with van der Waals surface area (Å²) in [5.41, 5.74) is 2.18. The van der Waals surface area contributed by atoms with Crippen molar-refractivity contribution in [1.82, 2.24) is 0 Å². The molecule has 0 rings (SSSR count). The molecule has 0 aromatic rings. The minimum atomic E-state index is -5.07. The molecule has 0 saturated heterocycles. The van der Waals surface area contributed by atoms with E-state index in [2.05, 4.69) is 14.9 Å². The molecule has 0 aliphatic rings. The van der Waals surface area contributed by atoms with Gasteiger partial charge in [0.05, 0.1) is 6.61 Å². The maximum Gasteiger partial charge on any atom is 0.481 e. The highest BCUT2D eigenvalue weighted by atomic mass is 35.5. The van der Waals surface area contributed by atoms with Crippen LogP contribution < -0.4 is 0 Å². The predicted octanol–water partition coefficient (Wildman–Crippen LogP) is 4.81. The van der Waals surface area contributed by atoms with Gasteiger partial charge in [0.2, 0.25) is 0 Å². The van der Waals surface area contributed by atoms with Gasteiger partial charge in [-0.3, -0.25) is 4.52 Å². The molecule has 140 valence electrons. The number of rotatable bonds is 11. The second kappa shape index (κ2) is 11.4. The van der Waals surface area contributed by atoms with Crippen LogP contribution in [0, 0.1) is 0 Å². The summed E-state index contributed by atoms with van der Waals surface area (Å²) in [5.74, 6) is 0. The van der Waals surface area contributed by atoms with Crippen LogP contribution in [0.3, 0.4) is 0 Å². The number of hydrogen-bond acceptors (Lipinski definition) is 4. The summed E-state index contributed by atoms with van der Waals surface area (Å²) in [6.07, 6.45) is 9.02. The molecule has 0 spiro atoms. The molecule has 0 saturated carbocycles. The third-order valence-electron chi connectivity index (χ3n) is 2.87. The van der Waals surface area contributed by atoms with E-state index < -0.39 is 15.6 Å². The van der Waals surface area contributed by atoms with Crippen LogP contribution in [0.1, 0.15) is 46.5 Å².